The molecule has 0 fully saturated rings. The summed E-state index contributed by atoms with van der Waals surface area (Å²) in [5, 5.41) is 11.3. The Labute approximate surface area is 126 Å². The van der Waals surface area contributed by atoms with Gasteiger partial charge in [-0.05, 0) is 30.5 Å². The summed E-state index contributed by atoms with van der Waals surface area (Å²) in [6, 6.07) is 10.4. The summed E-state index contributed by atoms with van der Waals surface area (Å²) in [6.07, 6.45) is 0.499. The first-order chi connectivity index (χ1) is 9.99. The highest BCUT2D eigenvalue weighted by molar-refractivity contribution is 6.31. The molecule has 0 heterocycles. The van der Waals surface area contributed by atoms with E-state index in [1.807, 2.05) is 0 Å². The Hall–Kier alpha value is -1.98. The summed E-state index contributed by atoms with van der Waals surface area (Å²) in [4.78, 5) is 10.5. The van der Waals surface area contributed by atoms with Crippen LogP contribution in [0.4, 0.5) is 10.1 Å². The molecule has 4 nitrogen and oxygen atoms in total. The van der Waals surface area contributed by atoms with E-state index in [9.17, 15) is 14.5 Å². The highest BCUT2D eigenvalue weighted by Crippen LogP contribution is 2.27. The van der Waals surface area contributed by atoms with Crippen LogP contribution in [0.1, 0.15) is 11.1 Å². The first-order valence-electron chi connectivity index (χ1n) is 6.40. The lowest BCUT2D eigenvalue weighted by Crippen LogP contribution is -2.26. The summed E-state index contributed by atoms with van der Waals surface area (Å²) < 4.78 is 13.6. The van der Waals surface area contributed by atoms with Gasteiger partial charge in [0.05, 0.1) is 9.95 Å². The Morgan fingerprint density at radius 1 is 1.19 bits per heavy atom. The predicted octanol–water partition coefficient (Wildman–Crippen LogP) is 3.50. The van der Waals surface area contributed by atoms with Crippen molar-refractivity contribution in [2.75, 3.05) is 0 Å². The van der Waals surface area contributed by atoms with Crippen LogP contribution in [-0.2, 0) is 12.8 Å². The van der Waals surface area contributed by atoms with Gasteiger partial charge in [-0.15, -0.1) is 0 Å². The summed E-state index contributed by atoms with van der Waals surface area (Å²) >= 11 is 6.02. The highest BCUT2D eigenvalue weighted by atomic mass is 35.5. The normalized spacial score (nSPS) is 12.1. The molecule has 0 bridgehead atoms. The third-order valence-electron chi connectivity index (χ3n) is 3.20. The van der Waals surface area contributed by atoms with E-state index in [1.165, 1.54) is 18.2 Å². The Morgan fingerprint density at radius 2 is 1.90 bits per heavy atom. The molecule has 2 aromatic carbocycles. The number of nitrogens with two attached hydrogens (primary N) is 1. The number of hydrogen-bond acceptors (Lipinski definition) is 3. The SMILES string of the molecule is NC(Cc1ccccc1F)Cc1c(Cl)cccc1[N+](=O)[O-]. The number of nitro benzene ring substituents is 1. The minimum atomic E-state index is -0.489. The van der Waals surface area contributed by atoms with Crippen molar-refractivity contribution in [3.8, 4) is 0 Å². The molecule has 2 rings (SSSR count). The van der Waals surface area contributed by atoms with Crippen molar-refractivity contribution in [3.05, 3.63) is 74.5 Å². The van der Waals surface area contributed by atoms with Crippen LogP contribution in [0.25, 0.3) is 0 Å². The molecule has 1 unspecified atom stereocenters. The Morgan fingerprint density at radius 3 is 2.57 bits per heavy atom. The molecule has 0 radical (unpaired) electrons. The predicted molar refractivity (Wildman–Crippen MR) is 79.9 cm³/mol. The number of benzene rings is 2. The smallest absolute Gasteiger partial charge is 0.274 e. The lowest BCUT2D eigenvalue weighted by atomic mass is 9.98. The molecule has 110 valence electrons. The number of nitro groups is 1. The van der Waals surface area contributed by atoms with E-state index in [4.69, 9.17) is 17.3 Å². The van der Waals surface area contributed by atoms with Crippen molar-refractivity contribution in [2.24, 2.45) is 5.73 Å². The fourth-order valence-corrected chi connectivity index (χ4v) is 2.45. The van der Waals surface area contributed by atoms with Gasteiger partial charge in [0.2, 0.25) is 0 Å². The summed E-state index contributed by atoms with van der Waals surface area (Å²) in [5.74, 6) is -0.332. The second-order valence-electron chi connectivity index (χ2n) is 4.75. The van der Waals surface area contributed by atoms with Crippen LogP contribution >= 0.6 is 11.6 Å². The van der Waals surface area contributed by atoms with Crippen LogP contribution in [0.3, 0.4) is 0 Å². The van der Waals surface area contributed by atoms with Crippen LogP contribution in [0.5, 0.6) is 0 Å². The average Bonchev–Trinajstić information content (AvgIpc) is 2.43. The molecular weight excluding hydrogens is 295 g/mol. The van der Waals surface area contributed by atoms with Gasteiger partial charge in [-0.2, -0.15) is 0 Å². The summed E-state index contributed by atoms with van der Waals surface area (Å²) in [5.41, 5.74) is 6.80. The molecule has 0 aliphatic rings. The number of rotatable bonds is 5. The third kappa shape index (κ3) is 3.77. The van der Waals surface area contributed by atoms with E-state index >= 15 is 0 Å². The molecule has 0 aliphatic heterocycles. The molecule has 1 atom stereocenters. The summed E-state index contributed by atoms with van der Waals surface area (Å²) in [6.45, 7) is 0. The zero-order valence-electron chi connectivity index (χ0n) is 11.1. The lowest BCUT2D eigenvalue weighted by molar-refractivity contribution is -0.385. The van der Waals surface area contributed by atoms with Crippen LogP contribution in [0, 0.1) is 15.9 Å². The molecule has 0 aliphatic carbocycles. The first kappa shape index (κ1) is 15.4. The van der Waals surface area contributed by atoms with E-state index < -0.39 is 11.0 Å². The van der Waals surface area contributed by atoms with E-state index in [2.05, 4.69) is 0 Å². The van der Waals surface area contributed by atoms with Gasteiger partial charge < -0.3 is 5.73 Å². The van der Waals surface area contributed by atoms with Gasteiger partial charge in [-0.1, -0.05) is 35.9 Å². The minimum Gasteiger partial charge on any atom is -0.327 e. The second-order valence-corrected chi connectivity index (χ2v) is 5.16. The molecule has 0 amide bonds. The minimum absolute atomic E-state index is 0.0634. The first-order valence-corrected chi connectivity index (χ1v) is 6.77. The molecule has 0 saturated carbocycles. The maximum Gasteiger partial charge on any atom is 0.274 e. The Balaban J connectivity index is 2.19. The Bertz CT molecular complexity index is 664. The third-order valence-corrected chi connectivity index (χ3v) is 3.55. The molecule has 21 heavy (non-hydrogen) atoms. The number of nitrogens with zero attached hydrogens (tertiary/aromatic N) is 1. The molecule has 0 aromatic heterocycles. The topological polar surface area (TPSA) is 69.2 Å². The van der Waals surface area contributed by atoms with Gasteiger partial charge in [0.25, 0.3) is 5.69 Å². The van der Waals surface area contributed by atoms with Gasteiger partial charge in [-0.25, -0.2) is 4.39 Å². The van der Waals surface area contributed by atoms with Gasteiger partial charge in [0.15, 0.2) is 0 Å². The van der Waals surface area contributed by atoms with E-state index in [-0.39, 0.29) is 24.3 Å². The zero-order valence-corrected chi connectivity index (χ0v) is 11.9. The van der Waals surface area contributed by atoms with Crippen molar-refractivity contribution in [1.29, 1.82) is 0 Å². The molecule has 2 N–H and O–H groups in total. The van der Waals surface area contributed by atoms with Crippen molar-refractivity contribution in [3.63, 3.8) is 0 Å². The Kier molecular flexibility index (Phi) is 4.88. The van der Waals surface area contributed by atoms with Gasteiger partial charge in [-0.3, -0.25) is 10.1 Å². The van der Waals surface area contributed by atoms with Crippen LogP contribution in [0.2, 0.25) is 5.02 Å². The second kappa shape index (κ2) is 6.65. The maximum absolute atomic E-state index is 13.6. The zero-order chi connectivity index (χ0) is 15.4. The number of halogens is 2. The fourth-order valence-electron chi connectivity index (χ4n) is 2.20. The van der Waals surface area contributed by atoms with E-state index in [0.29, 0.717) is 16.1 Å². The quantitative estimate of drug-likeness (QED) is 0.679. The molecular formula is C15H14ClFN2O2. The lowest BCUT2D eigenvalue weighted by Gasteiger charge is -2.13. The average molecular weight is 309 g/mol. The number of hydrogen-bond donors (Lipinski definition) is 1. The van der Waals surface area contributed by atoms with Crippen LogP contribution in [-0.4, -0.2) is 11.0 Å². The van der Waals surface area contributed by atoms with E-state index in [0.717, 1.165) is 0 Å². The molecule has 6 heteroatoms. The molecule has 2 aromatic rings. The van der Waals surface area contributed by atoms with Crippen molar-refractivity contribution in [2.45, 2.75) is 18.9 Å². The standard InChI is InChI=1S/C15H14ClFN2O2/c16-13-5-3-7-15(19(20)21)12(13)9-11(18)8-10-4-1-2-6-14(10)17/h1-7,11H,8-9,18H2. The van der Waals surface area contributed by atoms with Crippen molar-refractivity contribution < 1.29 is 9.31 Å². The highest BCUT2D eigenvalue weighted by Gasteiger charge is 2.19. The summed E-state index contributed by atoms with van der Waals surface area (Å²) in [7, 11) is 0. The largest absolute Gasteiger partial charge is 0.327 e. The van der Waals surface area contributed by atoms with E-state index in [1.54, 1.807) is 24.3 Å². The molecule has 0 saturated heterocycles. The van der Waals surface area contributed by atoms with Crippen molar-refractivity contribution in [1.82, 2.24) is 0 Å². The molecule has 0 spiro atoms. The van der Waals surface area contributed by atoms with Crippen LogP contribution in [0.15, 0.2) is 42.5 Å². The maximum atomic E-state index is 13.6. The van der Waals surface area contributed by atoms with Gasteiger partial charge in [0.1, 0.15) is 5.82 Å². The van der Waals surface area contributed by atoms with Crippen molar-refractivity contribution >= 4 is 17.3 Å². The monoisotopic (exact) mass is 308 g/mol. The van der Waals surface area contributed by atoms with Gasteiger partial charge >= 0.3 is 0 Å². The van der Waals surface area contributed by atoms with Crippen LogP contribution < -0.4 is 5.73 Å². The van der Waals surface area contributed by atoms with Gasteiger partial charge in [0, 0.05) is 17.7 Å². The fraction of sp³-hybridized carbons (Fsp3) is 0.200.